The smallest absolute Gasteiger partial charge is 0.274 e. The van der Waals surface area contributed by atoms with Gasteiger partial charge in [0.25, 0.3) is 11.8 Å². The fraction of sp³-hybridized carbons (Fsp3) is 0.136. The van der Waals surface area contributed by atoms with Crippen LogP contribution in [0.5, 0.6) is 5.75 Å². The Morgan fingerprint density at radius 3 is 2.31 bits per heavy atom. The summed E-state index contributed by atoms with van der Waals surface area (Å²) in [6, 6.07) is 17.9. The molecule has 0 saturated heterocycles. The molecule has 0 fully saturated rings. The van der Waals surface area contributed by atoms with E-state index < -0.39 is 11.8 Å². The van der Waals surface area contributed by atoms with Crippen molar-refractivity contribution in [3.05, 3.63) is 89.5 Å². The van der Waals surface area contributed by atoms with Crippen LogP contribution in [0.3, 0.4) is 0 Å². The second-order valence-electron chi connectivity index (χ2n) is 6.19. The van der Waals surface area contributed by atoms with Gasteiger partial charge in [-0.1, -0.05) is 24.3 Å². The van der Waals surface area contributed by atoms with Crippen LogP contribution in [0.4, 0.5) is 10.1 Å². The highest BCUT2D eigenvalue weighted by atomic mass is 19.1. The summed E-state index contributed by atoms with van der Waals surface area (Å²) in [6.45, 7) is 0.254. The third-order valence-corrected chi connectivity index (χ3v) is 4.20. The van der Waals surface area contributed by atoms with Gasteiger partial charge in [0.1, 0.15) is 23.0 Å². The molecule has 0 radical (unpaired) electrons. The standard InChI is InChI=1S/C22H20FN3O3/c1-29-17-11-9-16(10-12-17)25-22(28)20-8-4-7-19(26-20)21(27)24-14-13-15-5-2-3-6-18(15)23/h2-12H,13-14H2,1H3,(H,24,27)(H,25,28). The maximum absolute atomic E-state index is 13.6. The van der Waals surface area contributed by atoms with E-state index >= 15 is 0 Å². The zero-order chi connectivity index (χ0) is 20.6. The molecule has 0 atom stereocenters. The molecule has 0 aliphatic rings. The van der Waals surface area contributed by atoms with Crippen molar-refractivity contribution in [1.82, 2.24) is 10.3 Å². The minimum absolute atomic E-state index is 0.112. The maximum atomic E-state index is 13.6. The van der Waals surface area contributed by atoms with Crippen molar-refractivity contribution >= 4 is 17.5 Å². The van der Waals surface area contributed by atoms with Crippen molar-refractivity contribution in [2.45, 2.75) is 6.42 Å². The predicted molar refractivity (Wildman–Crippen MR) is 108 cm³/mol. The van der Waals surface area contributed by atoms with Crippen LogP contribution in [0.1, 0.15) is 26.5 Å². The molecule has 0 spiro atoms. The van der Waals surface area contributed by atoms with Gasteiger partial charge in [0.05, 0.1) is 7.11 Å². The zero-order valence-corrected chi connectivity index (χ0v) is 15.8. The van der Waals surface area contributed by atoms with E-state index in [1.54, 1.807) is 55.6 Å². The number of hydrogen-bond donors (Lipinski definition) is 2. The summed E-state index contributed by atoms with van der Waals surface area (Å²) in [5, 5.41) is 5.41. The van der Waals surface area contributed by atoms with Crippen molar-refractivity contribution in [2.24, 2.45) is 0 Å². The van der Waals surface area contributed by atoms with Gasteiger partial charge < -0.3 is 15.4 Å². The molecule has 2 N–H and O–H groups in total. The Labute approximate surface area is 167 Å². The van der Waals surface area contributed by atoms with Gasteiger partial charge in [-0.15, -0.1) is 0 Å². The number of aromatic nitrogens is 1. The summed E-state index contributed by atoms with van der Waals surface area (Å²) < 4.78 is 18.7. The van der Waals surface area contributed by atoms with Gasteiger partial charge >= 0.3 is 0 Å². The third kappa shape index (κ3) is 5.38. The first kappa shape index (κ1) is 20.0. The summed E-state index contributed by atoms with van der Waals surface area (Å²) in [6.07, 6.45) is 0.357. The average Bonchev–Trinajstić information content (AvgIpc) is 2.75. The minimum atomic E-state index is -0.434. The molecule has 7 heteroatoms. The molecule has 0 aliphatic carbocycles. The lowest BCUT2D eigenvalue weighted by Crippen LogP contribution is -2.27. The molecule has 29 heavy (non-hydrogen) atoms. The first-order valence-electron chi connectivity index (χ1n) is 9.01. The Bertz CT molecular complexity index is 1010. The summed E-state index contributed by atoms with van der Waals surface area (Å²) in [4.78, 5) is 28.8. The molecule has 0 unspecified atom stereocenters. The number of nitrogens with one attached hydrogen (secondary N) is 2. The van der Waals surface area contributed by atoms with Gasteiger partial charge in [-0.3, -0.25) is 9.59 Å². The fourth-order valence-corrected chi connectivity index (χ4v) is 2.66. The lowest BCUT2D eigenvalue weighted by Gasteiger charge is -2.08. The highest BCUT2D eigenvalue weighted by Gasteiger charge is 2.13. The first-order chi connectivity index (χ1) is 14.1. The topological polar surface area (TPSA) is 80.3 Å². The number of pyridine rings is 1. The summed E-state index contributed by atoms with van der Waals surface area (Å²) in [5.74, 6) is -0.496. The number of halogens is 1. The number of rotatable bonds is 7. The number of carbonyl (C=O) groups excluding carboxylic acids is 2. The molecule has 2 aromatic carbocycles. The van der Waals surface area contributed by atoms with E-state index in [2.05, 4.69) is 15.6 Å². The number of amides is 2. The zero-order valence-electron chi connectivity index (χ0n) is 15.8. The molecular weight excluding hydrogens is 373 g/mol. The van der Waals surface area contributed by atoms with Crippen molar-refractivity contribution in [1.29, 1.82) is 0 Å². The van der Waals surface area contributed by atoms with Gasteiger partial charge in [0, 0.05) is 12.2 Å². The van der Waals surface area contributed by atoms with Crippen molar-refractivity contribution in [2.75, 3.05) is 19.0 Å². The molecule has 2 amide bonds. The van der Waals surface area contributed by atoms with Gasteiger partial charge in [0.2, 0.25) is 0 Å². The monoisotopic (exact) mass is 393 g/mol. The Balaban J connectivity index is 1.59. The summed E-state index contributed by atoms with van der Waals surface area (Å²) in [5.41, 5.74) is 1.33. The second-order valence-corrected chi connectivity index (χ2v) is 6.19. The molecule has 1 aromatic heterocycles. The maximum Gasteiger partial charge on any atom is 0.274 e. The van der Waals surface area contributed by atoms with Crippen molar-refractivity contribution < 1.29 is 18.7 Å². The number of ether oxygens (including phenoxy) is 1. The Kier molecular flexibility index (Phi) is 6.52. The van der Waals surface area contributed by atoms with Crippen LogP contribution < -0.4 is 15.4 Å². The van der Waals surface area contributed by atoms with Crippen molar-refractivity contribution in [3.63, 3.8) is 0 Å². The van der Waals surface area contributed by atoms with E-state index in [-0.39, 0.29) is 23.7 Å². The number of methoxy groups -OCH3 is 1. The fourth-order valence-electron chi connectivity index (χ4n) is 2.66. The Morgan fingerprint density at radius 1 is 0.931 bits per heavy atom. The number of carbonyl (C=O) groups is 2. The molecule has 6 nitrogen and oxygen atoms in total. The van der Waals surface area contributed by atoms with Gasteiger partial charge in [-0.2, -0.15) is 0 Å². The molecule has 148 valence electrons. The van der Waals surface area contributed by atoms with E-state index in [0.29, 0.717) is 23.4 Å². The van der Waals surface area contributed by atoms with E-state index in [4.69, 9.17) is 4.74 Å². The van der Waals surface area contributed by atoms with Gasteiger partial charge in [0.15, 0.2) is 0 Å². The molecule has 0 aliphatic heterocycles. The van der Waals surface area contributed by atoms with E-state index in [9.17, 15) is 14.0 Å². The predicted octanol–water partition coefficient (Wildman–Crippen LogP) is 3.45. The van der Waals surface area contributed by atoms with Crippen molar-refractivity contribution in [3.8, 4) is 5.75 Å². The number of hydrogen-bond acceptors (Lipinski definition) is 4. The second kappa shape index (κ2) is 9.45. The van der Waals surface area contributed by atoms with Crippen LogP contribution in [0.15, 0.2) is 66.7 Å². The van der Waals surface area contributed by atoms with Crippen LogP contribution in [0, 0.1) is 5.82 Å². The van der Waals surface area contributed by atoms with Gasteiger partial charge in [-0.05, 0) is 54.4 Å². The van der Waals surface area contributed by atoms with Crippen LogP contribution in [0.25, 0.3) is 0 Å². The first-order valence-corrected chi connectivity index (χ1v) is 9.01. The Morgan fingerprint density at radius 2 is 1.62 bits per heavy atom. The highest BCUT2D eigenvalue weighted by Crippen LogP contribution is 2.15. The number of nitrogens with zero attached hydrogens (tertiary/aromatic N) is 1. The average molecular weight is 393 g/mol. The Hall–Kier alpha value is -3.74. The van der Waals surface area contributed by atoms with Crippen LogP contribution in [0.2, 0.25) is 0 Å². The number of benzene rings is 2. The van der Waals surface area contributed by atoms with E-state index in [1.165, 1.54) is 18.2 Å². The molecule has 1 heterocycles. The molecule has 0 saturated carbocycles. The molecule has 3 aromatic rings. The largest absolute Gasteiger partial charge is 0.497 e. The molecule has 3 rings (SSSR count). The van der Waals surface area contributed by atoms with Gasteiger partial charge in [-0.25, -0.2) is 9.37 Å². The van der Waals surface area contributed by atoms with E-state index in [1.807, 2.05) is 0 Å². The number of anilines is 1. The SMILES string of the molecule is COc1ccc(NC(=O)c2cccc(C(=O)NCCc3ccccc3F)n2)cc1. The van der Waals surface area contributed by atoms with Crippen LogP contribution >= 0.6 is 0 Å². The third-order valence-electron chi connectivity index (χ3n) is 4.20. The summed E-state index contributed by atoms with van der Waals surface area (Å²) >= 11 is 0. The quantitative estimate of drug-likeness (QED) is 0.644. The lowest BCUT2D eigenvalue weighted by atomic mass is 10.1. The van der Waals surface area contributed by atoms with E-state index in [0.717, 1.165) is 0 Å². The summed E-state index contributed by atoms with van der Waals surface area (Å²) in [7, 11) is 1.56. The molecule has 0 bridgehead atoms. The van der Waals surface area contributed by atoms with Crippen LogP contribution in [-0.2, 0) is 6.42 Å². The lowest BCUT2D eigenvalue weighted by molar-refractivity contribution is 0.0949. The highest BCUT2D eigenvalue weighted by molar-refractivity contribution is 6.03. The molecular formula is C22H20FN3O3. The van der Waals surface area contributed by atoms with Crippen LogP contribution in [-0.4, -0.2) is 30.5 Å². The minimum Gasteiger partial charge on any atom is -0.497 e. The normalized spacial score (nSPS) is 10.3.